The van der Waals surface area contributed by atoms with E-state index in [0.29, 0.717) is 16.5 Å². The van der Waals surface area contributed by atoms with E-state index >= 15 is 0 Å². The molecule has 0 radical (unpaired) electrons. The first kappa shape index (κ1) is 16.0. The van der Waals surface area contributed by atoms with E-state index in [1.165, 1.54) is 0 Å². The van der Waals surface area contributed by atoms with Crippen LogP contribution in [0.25, 0.3) is 0 Å². The molecule has 0 spiro atoms. The molecule has 0 unspecified atom stereocenters. The number of aliphatic hydroxyl groups excluding tert-OH is 1. The molecular weight excluding hydrogens is 336 g/mol. The third-order valence-corrected chi connectivity index (χ3v) is 4.30. The van der Waals surface area contributed by atoms with Gasteiger partial charge >= 0.3 is 0 Å². The second-order valence-corrected chi connectivity index (χ2v) is 6.04. The molecule has 0 heterocycles. The SMILES string of the molecule is O=C(CNC(=O)c1ccccc1Br)N[C@H]1CCCC[C@@H]1O. The van der Waals surface area contributed by atoms with Crippen LogP contribution in [0, 0.1) is 0 Å². The van der Waals surface area contributed by atoms with Crippen molar-refractivity contribution in [2.75, 3.05) is 6.54 Å². The minimum absolute atomic E-state index is 0.0939. The smallest absolute Gasteiger partial charge is 0.252 e. The van der Waals surface area contributed by atoms with Gasteiger partial charge in [-0.15, -0.1) is 0 Å². The fraction of sp³-hybridized carbons (Fsp3) is 0.467. The van der Waals surface area contributed by atoms with Crippen molar-refractivity contribution < 1.29 is 14.7 Å². The Bertz CT molecular complexity index is 521. The van der Waals surface area contributed by atoms with Crippen molar-refractivity contribution in [2.45, 2.75) is 37.8 Å². The maximum absolute atomic E-state index is 12.0. The van der Waals surface area contributed by atoms with E-state index in [2.05, 4.69) is 26.6 Å². The van der Waals surface area contributed by atoms with Gasteiger partial charge in [-0.1, -0.05) is 25.0 Å². The van der Waals surface area contributed by atoms with E-state index in [-0.39, 0.29) is 24.4 Å². The predicted octanol–water partition coefficient (Wildman–Crippen LogP) is 1.60. The average Bonchev–Trinajstić information content (AvgIpc) is 2.48. The minimum atomic E-state index is -0.485. The highest BCUT2D eigenvalue weighted by Crippen LogP contribution is 2.18. The first-order valence-electron chi connectivity index (χ1n) is 7.08. The van der Waals surface area contributed by atoms with E-state index in [1.807, 2.05) is 6.07 Å². The molecule has 0 aliphatic heterocycles. The Morgan fingerprint density at radius 2 is 1.95 bits per heavy atom. The van der Waals surface area contributed by atoms with Crippen molar-refractivity contribution in [1.82, 2.24) is 10.6 Å². The van der Waals surface area contributed by atoms with Gasteiger partial charge in [0, 0.05) is 4.47 Å². The van der Waals surface area contributed by atoms with Gasteiger partial charge in [-0.3, -0.25) is 9.59 Å². The van der Waals surface area contributed by atoms with E-state index in [0.717, 1.165) is 19.3 Å². The van der Waals surface area contributed by atoms with Crippen molar-refractivity contribution >= 4 is 27.7 Å². The Labute approximate surface area is 132 Å². The van der Waals surface area contributed by atoms with Crippen LogP contribution in [0.1, 0.15) is 36.0 Å². The largest absolute Gasteiger partial charge is 0.391 e. The zero-order valence-corrected chi connectivity index (χ0v) is 13.2. The average molecular weight is 355 g/mol. The molecule has 1 fully saturated rings. The van der Waals surface area contributed by atoms with Crippen molar-refractivity contribution in [3.63, 3.8) is 0 Å². The van der Waals surface area contributed by atoms with Gasteiger partial charge in [0.1, 0.15) is 0 Å². The van der Waals surface area contributed by atoms with Gasteiger partial charge < -0.3 is 15.7 Å². The highest BCUT2D eigenvalue weighted by atomic mass is 79.9. The van der Waals surface area contributed by atoms with Crippen LogP contribution in [0.15, 0.2) is 28.7 Å². The van der Waals surface area contributed by atoms with E-state index in [4.69, 9.17) is 0 Å². The number of benzene rings is 1. The molecule has 1 saturated carbocycles. The van der Waals surface area contributed by atoms with E-state index in [9.17, 15) is 14.7 Å². The number of amides is 2. The van der Waals surface area contributed by atoms with Crippen molar-refractivity contribution in [3.8, 4) is 0 Å². The maximum Gasteiger partial charge on any atom is 0.252 e. The van der Waals surface area contributed by atoms with Crippen LogP contribution in [-0.2, 0) is 4.79 Å². The lowest BCUT2D eigenvalue weighted by molar-refractivity contribution is -0.122. The van der Waals surface area contributed by atoms with Crippen LogP contribution in [-0.4, -0.2) is 35.6 Å². The molecule has 1 aromatic carbocycles. The maximum atomic E-state index is 12.0. The number of aliphatic hydroxyl groups is 1. The van der Waals surface area contributed by atoms with Crippen molar-refractivity contribution in [1.29, 1.82) is 0 Å². The summed E-state index contributed by atoms with van der Waals surface area (Å²) >= 11 is 3.30. The zero-order chi connectivity index (χ0) is 15.2. The Morgan fingerprint density at radius 1 is 1.24 bits per heavy atom. The highest BCUT2D eigenvalue weighted by Gasteiger charge is 2.24. The summed E-state index contributed by atoms with van der Waals surface area (Å²) in [6.07, 6.45) is 3.01. The minimum Gasteiger partial charge on any atom is -0.391 e. The number of hydrogen-bond donors (Lipinski definition) is 3. The van der Waals surface area contributed by atoms with Gasteiger partial charge in [0.2, 0.25) is 5.91 Å². The molecule has 2 rings (SSSR count). The lowest BCUT2D eigenvalue weighted by Gasteiger charge is -2.28. The molecule has 1 aliphatic carbocycles. The number of halogens is 1. The molecule has 6 heteroatoms. The van der Waals surface area contributed by atoms with E-state index < -0.39 is 6.10 Å². The van der Waals surface area contributed by atoms with Gasteiger partial charge in [-0.25, -0.2) is 0 Å². The van der Waals surface area contributed by atoms with Crippen molar-refractivity contribution in [2.24, 2.45) is 0 Å². The number of nitrogens with one attached hydrogen (secondary N) is 2. The monoisotopic (exact) mass is 354 g/mol. The summed E-state index contributed by atoms with van der Waals surface area (Å²) in [6.45, 7) is -0.0939. The van der Waals surface area contributed by atoms with Crippen LogP contribution >= 0.6 is 15.9 Å². The van der Waals surface area contributed by atoms with Gasteiger partial charge in [0.25, 0.3) is 5.91 Å². The molecule has 0 saturated heterocycles. The summed E-state index contributed by atoms with van der Waals surface area (Å²) in [5, 5.41) is 15.2. The van der Waals surface area contributed by atoms with Gasteiger partial charge in [-0.05, 0) is 40.9 Å². The predicted molar refractivity (Wildman–Crippen MR) is 82.9 cm³/mol. The molecule has 1 aromatic rings. The molecule has 0 bridgehead atoms. The summed E-state index contributed by atoms with van der Waals surface area (Å²) in [4.78, 5) is 23.8. The van der Waals surface area contributed by atoms with Crippen LogP contribution in [0.3, 0.4) is 0 Å². The first-order valence-corrected chi connectivity index (χ1v) is 7.87. The lowest BCUT2D eigenvalue weighted by atomic mass is 9.92. The summed E-state index contributed by atoms with van der Waals surface area (Å²) < 4.78 is 0.686. The third kappa shape index (κ3) is 4.54. The number of carbonyl (C=O) groups excluding carboxylic acids is 2. The van der Waals surface area contributed by atoms with Crippen LogP contribution in [0.2, 0.25) is 0 Å². The molecule has 1 aliphatic rings. The Kier molecular flexibility index (Phi) is 5.76. The normalized spacial score (nSPS) is 21.6. The summed E-state index contributed by atoms with van der Waals surface area (Å²) in [6, 6.07) is 6.83. The van der Waals surface area contributed by atoms with Gasteiger partial charge in [0.05, 0.1) is 24.3 Å². The van der Waals surface area contributed by atoms with E-state index in [1.54, 1.807) is 18.2 Å². The van der Waals surface area contributed by atoms with Crippen LogP contribution < -0.4 is 10.6 Å². The third-order valence-electron chi connectivity index (χ3n) is 3.60. The highest BCUT2D eigenvalue weighted by molar-refractivity contribution is 9.10. The molecule has 21 heavy (non-hydrogen) atoms. The quantitative estimate of drug-likeness (QED) is 0.768. The number of rotatable bonds is 4. The fourth-order valence-electron chi connectivity index (χ4n) is 2.44. The van der Waals surface area contributed by atoms with Crippen LogP contribution in [0.5, 0.6) is 0 Å². The number of carbonyl (C=O) groups is 2. The second-order valence-electron chi connectivity index (χ2n) is 5.19. The Balaban J connectivity index is 1.81. The Hall–Kier alpha value is -1.40. The zero-order valence-electron chi connectivity index (χ0n) is 11.6. The molecule has 2 amide bonds. The first-order chi connectivity index (χ1) is 10.1. The second kappa shape index (κ2) is 7.56. The lowest BCUT2D eigenvalue weighted by Crippen LogP contribution is -2.48. The summed E-state index contributed by atoms with van der Waals surface area (Å²) in [7, 11) is 0. The van der Waals surface area contributed by atoms with Crippen molar-refractivity contribution in [3.05, 3.63) is 34.3 Å². The molecule has 114 valence electrons. The standard InChI is InChI=1S/C15H19BrN2O3/c16-11-6-2-1-5-10(11)15(21)17-9-14(20)18-12-7-3-4-8-13(12)19/h1-2,5-6,12-13,19H,3-4,7-9H2,(H,17,21)(H,18,20)/t12-,13-/m0/s1. The Morgan fingerprint density at radius 3 is 2.67 bits per heavy atom. The molecular formula is C15H19BrN2O3. The topological polar surface area (TPSA) is 78.4 Å². The summed E-state index contributed by atoms with van der Waals surface area (Å²) in [5.74, 6) is -0.580. The molecule has 0 aromatic heterocycles. The van der Waals surface area contributed by atoms with Crippen LogP contribution in [0.4, 0.5) is 0 Å². The number of hydrogen-bond acceptors (Lipinski definition) is 3. The molecule has 3 N–H and O–H groups in total. The van der Waals surface area contributed by atoms with Gasteiger partial charge in [0.15, 0.2) is 0 Å². The fourth-order valence-corrected chi connectivity index (χ4v) is 2.90. The molecule has 5 nitrogen and oxygen atoms in total. The summed E-state index contributed by atoms with van der Waals surface area (Å²) in [5.41, 5.74) is 0.489. The van der Waals surface area contributed by atoms with Gasteiger partial charge in [-0.2, -0.15) is 0 Å². The molecule has 2 atom stereocenters.